The molecule has 0 atom stereocenters. The van der Waals surface area contributed by atoms with Crippen LogP contribution in [0.15, 0.2) is 76.8 Å². The van der Waals surface area contributed by atoms with Crippen LogP contribution in [-0.2, 0) is 0 Å². The number of nitrogens with zero attached hydrogens (tertiary/aromatic N) is 3. The van der Waals surface area contributed by atoms with Crippen LogP contribution in [0.2, 0.25) is 0 Å². The van der Waals surface area contributed by atoms with E-state index in [2.05, 4.69) is 41.6 Å². The molecule has 0 aliphatic rings. The van der Waals surface area contributed by atoms with E-state index in [-0.39, 0.29) is 0 Å². The van der Waals surface area contributed by atoms with Gasteiger partial charge in [-0.2, -0.15) is 10.2 Å². The Kier molecular flexibility index (Phi) is 7.80. The lowest BCUT2D eigenvalue weighted by Gasteiger charge is -2.22. The van der Waals surface area contributed by atoms with Crippen molar-refractivity contribution in [3.8, 4) is 0 Å². The summed E-state index contributed by atoms with van der Waals surface area (Å²) in [5.74, 6) is 0. The predicted octanol–water partition coefficient (Wildman–Crippen LogP) is 5.48. The molecule has 1 aromatic rings. The number of allylic oxidation sites excluding steroid dienone is 3. The van der Waals surface area contributed by atoms with Gasteiger partial charge in [0.25, 0.3) is 0 Å². The molecule has 0 bridgehead atoms. The molecule has 0 aliphatic heterocycles. The molecule has 0 radical (unpaired) electrons. The zero-order chi connectivity index (χ0) is 15.5. The first-order valence-corrected chi connectivity index (χ1v) is 7.43. The summed E-state index contributed by atoms with van der Waals surface area (Å²) < 4.78 is 0. The summed E-state index contributed by atoms with van der Waals surface area (Å²) in [4.78, 5) is 2.26. The van der Waals surface area contributed by atoms with E-state index in [0.717, 1.165) is 36.6 Å². The van der Waals surface area contributed by atoms with E-state index >= 15 is 0 Å². The molecule has 0 spiro atoms. The highest BCUT2D eigenvalue weighted by atomic mass is 15.1. The first-order valence-electron chi connectivity index (χ1n) is 7.43. The topological polar surface area (TPSA) is 28.0 Å². The largest absolute Gasteiger partial charge is 0.376 e. The molecule has 0 saturated carbocycles. The second-order valence-electron chi connectivity index (χ2n) is 4.59. The lowest BCUT2D eigenvalue weighted by molar-refractivity contribution is 0.377. The third-order valence-electron chi connectivity index (χ3n) is 3.19. The van der Waals surface area contributed by atoms with Gasteiger partial charge in [0.05, 0.1) is 11.4 Å². The van der Waals surface area contributed by atoms with Crippen molar-refractivity contribution < 1.29 is 0 Å². The van der Waals surface area contributed by atoms with Crippen LogP contribution >= 0.6 is 0 Å². The van der Waals surface area contributed by atoms with Crippen molar-refractivity contribution >= 4 is 5.69 Å². The molecule has 0 aliphatic carbocycles. The molecular weight excluding hydrogens is 258 g/mol. The van der Waals surface area contributed by atoms with Crippen molar-refractivity contribution in [3.05, 3.63) is 66.5 Å². The van der Waals surface area contributed by atoms with E-state index in [1.807, 2.05) is 49.4 Å². The second-order valence-corrected chi connectivity index (χ2v) is 4.59. The minimum absolute atomic E-state index is 0.833. The quantitative estimate of drug-likeness (QED) is 0.459. The second kappa shape index (κ2) is 9.70. The highest BCUT2D eigenvalue weighted by molar-refractivity contribution is 5.35. The van der Waals surface area contributed by atoms with Gasteiger partial charge in [-0.1, -0.05) is 36.9 Å². The standard InChI is InChI=1S/C18H25N3/c1-5-17(19-20-18-13-9-8-10-14-18)15-11-12-16(4)21(6-2)7-3/h5,8-11,13-15H,4,6-7,12H2,1-3H3/b15-11-,17-5+,20-19?. The molecule has 21 heavy (non-hydrogen) atoms. The Bertz CT molecular complexity index is 509. The Morgan fingerprint density at radius 2 is 1.86 bits per heavy atom. The monoisotopic (exact) mass is 283 g/mol. The maximum Gasteiger partial charge on any atom is 0.0857 e. The van der Waals surface area contributed by atoms with Gasteiger partial charge < -0.3 is 4.90 Å². The van der Waals surface area contributed by atoms with Gasteiger partial charge in [-0.25, -0.2) is 0 Å². The summed E-state index contributed by atoms with van der Waals surface area (Å²) in [5, 5.41) is 8.47. The normalized spacial score (nSPS) is 12.2. The Morgan fingerprint density at radius 3 is 2.43 bits per heavy atom. The Labute approximate surface area is 128 Å². The maximum atomic E-state index is 4.25. The molecule has 0 fully saturated rings. The zero-order valence-corrected chi connectivity index (χ0v) is 13.3. The molecule has 3 heteroatoms. The molecule has 1 aromatic carbocycles. The van der Waals surface area contributed by atoms with Gasteiger partial charge in [0.2, 0.25) is 0 Å². The van der Waals surface area contributed by atoms with Crippen molar-refractivity contribution in [2.24, 2.45) is 10.2 Å². The van der Waals surface area contributed by atoms with Crippen molar-refractivity contribution in [1.29, 1.82) is 0 Å². The molecule has 0 unspecified atom stereocenters. The molecular formula is C18H25N3. The fourth-order valence-electron chi connectivity index (χ4n) is 1.91. The molecule has 0 saturated heterocycles. The molecule has 1 rings (SSSR count). The SMILES string of the molecule is C=C(C/C=C\C(=C/C)N=Nc1ccccc1)N(CC)CC. The number of hydrogen-bond donors (Lipinski definition) is 0. The van der Waals surface area contributed by atoms with Gasteiger partial charge in [-0.05, 0) is 39.0 Å². The van der Waals surface area contributed by atoms with Crippen LogP contribution in [0.4, 0.5) is 5.69 Å². The predicted molar refractivity (Wildman–Crippen MR) is 90.5 cm³/mol. The Balaban J connectivity index is 2.57. The molecule has 0 amide bonds. The van der Waals surface area contributed by atoms with Crippen LogP contribution in [0, 0.1) is 0 Å². The first-order chi connectivity index (χ1) is 10.2. The molecule has 0 heterocycles. The van der Waals surface area contributed by atoms with Gasteiger partial charge in [0, 0.05) is 25.2 Å². The van der Waals surface area contributed by atoms with E-state index in [1.165, 1.54) is 0 Å². The smallest absolute Gasteiger partial charge is 0.0857 e. The van der Waals surface area contributed by atoms with Gasteiger partial charge >= 0.3 is 0 Å². The maximum absolute atomic E-state index is 4.25. The zero-order valence-electron chi connectivity index (χ0n) is 13.3. The Hall–Kier alpha value is -2.16. The van der Waals surface area contributed by atoms with Crippen molar-refractivity contribution in [1.82, 2.24) is 4.90 Å². The van der Waals surface area contributed by atoms with Crippen molar-refractivity contribution in [3.63, 3.8) is 0 Å². The van der Waals surface area contributed by atoms with E-state index in [9.17, 15) is 0 Å². The minimum Gasteiger partial charge on any atom is -0.376 e. The number of benzene rings is 1. The van der Waals surface area contributed by atoms with Crippen LogP contribution < -0.4 is 0 Å². The third kappa shape index (κ3) is 6.21. The lowest BCUT2D eigenvalue weighted by atomic mass is 10.2. The fraction of sp³-hybridized carbons (Fsp3) is 0.333. The number of rotatable bonds is 8. The van der Waals surface area contributed by atoms with Gasteiger partial charge in [0.15, 0.2) is 0 Å². The highest BCUT2D eigenvalue weighted by Crippen LogP contribution is 2.14. The van der Waals surface area contributed by atoms with Crippen LogP contribution in [-0.4, -0.2) is 18.0 Å². The Morgan fingerprint density at radius 1 is 1.19 bits per heavy atom. The van der Waals surface area contributed by atoms with Crippen molar-refractivity contribution in [2.45, 2.75) is 27.2 Å². The molecule has 0 N–H and O–H groups in total. The van der Waals surface area contributed by atoms with E-state index < -0.39 is 0 Å². The fourth-order valence-corrected chi connectivity index (χ4v) is 1.91. The van der Waals surface area contributed by atoms with Gasteiger partial charge in [-0.3, -0.25) is 0 Å². The summed E-state index contributed by atoms with van der Waals surface area (Å²) in [6.07, 6.45) is 6.85. The molecule has 0 aromatic heterocycles. The minimum atomic E-state index is 0.833. The first kappa shape index (κ1) is 16.9. The lowest BCUT2D eigenvalue weighted by Crippen LogP contribution is -2.21. The number of azo groups is 1. The van der Waals surface area contributed by atoms with E-state index in [4.69, 9.17) is 0 Å². The average molecular weight is 283 g/mol. The summed E-state index contributed by atoms with van der Waals surface area (Å²) in [7, 11) is 0. The van der Waals surface area contributed by atoms with E-state index in [0.29, 0.717) is 0 Å². The van der Waals surface area contributed by atoms with Gasteiger partial charge in [0.1, 0.15) is 0 Å². The van der Waals surface area contributed by atoms with E-state index in [1.54, 1.807) is 0 Å². The van der Waals surface area contributed by atoms with Crippen LogP contribution in [0.1, 0.15) is 27.2 Å². The summed E-state index contributed by atoms with van der Waals surface area (Å²) in [6, 6.07) is 9.74. The summed E-state index contributed by atoms with van der Waals surface area (Å²) >= 11 is 0. The third-order valence-corrected chi connectivity index (χ3v) is 3.19. The van der Waals surface area contributed by atoms with Crippen LogP contribution in [0.3, 0.4) is 0 Å². The summed E-state index contributed by atoms with van der Waals surface area (Å²) in [5.41, 5.74) is 2.84. The summed E-state index contributed by atoms with van der Waals surface area (Å²) in [6.45, 7) is 12.3. The highest BCUT2D eigenvalue weighted by Gasteiger charge is 1.99. The van der Waals surface area contributed by atoms with Crippen LogP contribution in [0.25, 0.3) is 0 Å². The van der Waals surface area contributed by atoms with Gasteiger partial charge in [-0.15, -0.1) is 0 Å². The van der Waals surface area contributed by atoms with Crippen LogP contribution in [0.5, 0.6) is 0 Å². The number of hydrogen-bond acceptors (Lipinski definition) is 3. The molecule has 112 valence electrons. The average Bonchev–Trinajstić information content (AvgIpc) is 2.52. The van der Waals surface area contributed by atoms with Crippen molar-refractivity contribution in [2.75, 3.05) is 13.1 Å². The molecule has 3 nitrogen and oxygen atoms in total.